The summed E-state index contributed by atoms with van der Waals surface area (Å²) in [6, 6.07) is 20.1. The number of nitrogens with one attached hydrogen (secondary N) is 1. The second kappa shape index (κ2) is 8.67. The molecular formula is C25H25N3OS. The summed E-state index contributed by atoms with van der Waals surface area (Å²) in [5, 5.41) is 6.34. The van der Waals surface area contributed by atoms with Crippen LogP contribution in [0.5, 0.6) is 11.5 Å². The number of hydrogen-bond donors (Lipinski definition) is 1. The van der Waals surface area contributed by atoms with Crippen LogP contribution in [0.4, 0.5) is 10.8 Å². The number of rotatable bonds is 7. The molecule has 4 aromatic rings. The highest BCUT2D eigenvalue weighted by molar-refractivity contribution is 7.14. The lowest BCUT2D eigenvalue weighted by atomic mass is 9.82. The lowest BCUT2D eigenvalue weighted by molar-refractivity contribution is 0.480. The van der Waals surface area contributed by atoms with Crippen LogP contribution in [0.2, 0.25) is 0 Å². The SMILES string of the molecule is CCC(C)(C)c1ccc(Oc2ccccc2)c(Nc2nc(-c3cccnc3)cs2)c1. The van der Waals surface area contributed by atoms with Crippen LogP contribution in [0.15, 0.2) is 78.4 Å². The van der Waals surface area contributed by atoms with Gasteiger partial charge in [0.2, 0.25) is 0 Å². The van der Waals surface area contributed by atoms with E-state index in [9.17, 15) is 0 Å². The van der Waals surface area contributed by atoms with Crippen molar-refractivity contribution in [1.29, 1.82) is 0 Å². The molecule has 152 valence electrons. The second-order valence-corrected chi connectivity index (χ2v) is 8.63. The molecule has 0 unspecified atom stereocenters. The van der Waals surface area contributed by atoms with Crippen LogP contribution >= 0.6 is 11.3 Å². The summed E-state index contributed by atoms with van der Waals surface area (Å²) < 4.78 is 6.18. The van der Waals surface area contributed by atoms with Crippen molar-refractivity contribution in [1.82, 2.24) is 9.97 Å². The Morgan fingerprint density at radius 1 is 1.03 bits per heavy atom. The summed E-state index contributed by atoms with van der Waals surface area (Å²) in [7, 11) is 0. The first-order valence-corrected chi connectivity index (χ1v) is 10.9. The predicted octanol–water partition coefficient (Wildman–Crippen LogP) is 7.43. The van der Waals surface area contributed by atoms with Crippen molar-refractivity contribution in [2.45, 2.75) is 32.6 Å². The number of aromatic nitrogens is 2. The van der Waals surface area contributed by atoms with Gasteiger partial charge in [-0.25, -0.2) is 4.98 Å². The number of para-hydroxylation sites is 1. The average molecular weight is 416 g/mol. The maximum absolute atomic E-state index is 6.18. The standard InChI is InChI=1S/C25H25N3OS/c1-4-25(2,3)19-12-13-23(29-20-10-6-5-7-11-20)21(15-19)27-24-28-22(17-30-24)18-9-8-14-26-16-18/h5-17H,4H2,1-3H3,(H,27,28). The number of pyridine rings is 1. The van der Waals surface area contributed by atoms with E-state index in [2.05, 4.69) is 43.2 Å². The molecule has 2 heterocycles. The van der Waals surface area contributed by atoms with Crippen molar-refractivity contribution in [3.63, 3.8) is 0 Å². The number of ether oxygens (including phenoxy) is 1. The van der Waals surface area contributed by atoms with Crippen molar-refractivity contribution in [3.8, 4) is 22.8 Å². The smallest absolute Gasteiger partial charge is 0.187 e. The zero-order valence-electron chi connectivity index (χ0n) is 17.4. The van der Waals surface area contributed by atoms with E-state index in [0.717, 1.165) is 40.0 Å². The first-order chi connectivity index (χ1) is 14.5. The number of nitrogens with zero attached hydrogens (tertiary/aromatic N) is 2. The van der Waals surface area contributed by atoms with Gasteiger partial charge in [-0.3, -0.25) is 4.98 Å². The Labute approximate surface area is 181 Å². The number of benzene rings is 2. The Hall–Kier alpha value is -3.18. The topological polar surface area (TPSA) is 47.0 Å². The Bertz CT molecular complexity index is 1110. The Kier molecular flexibility index (Phi) is 5.81. The van der Waals surface area contributed by atoms with Crippen molar-refractivity contribution in [2.24, 2.45) is 0 Å². The number of hydrogen-bond acceptors (Lipinski definition) is 5. The fourth-order valence-corrected chi connectivity index (χ4v) is 3.78. The van der Waals surface area contributed by atoms with E-state index < -0.39 is 0 Å². The van der Waals surface area contributed by atoms with E-state index in [1.807, 2.05) is 60.1 Å². The minimum atomic E-state index is 0.0749. The lowest BCUT2D eigenvalue weighted by Crippen LogP contribution is -2.15. The molecule has 1 N–H and O–H groups in total. The van der Waals surface area contributed by atoms with Gasteiger partial charge >= 0.3 is 0 Å². The largest absolute Gasteiger partial charge is 0.455 e. The van der Waals surface area contributed by atoms with E-state index in [1.54, 1.807) is 17.5 Å². The third-order valence-electron chi connectivity index (χ3n) is 5.32. The van der Waals surface area contributed by atoms with Crippen LogP contribution in [-0.2, 0) is 5.41 Å². The molecule has 0 amide bonds. The molecule has 5 heteroatoms. The monoisotopic (exact) mass is 415 g/mol. The summed E-state index contributed by atoms with van der Waals surface area (Å²) in [6.07, 6.45) is 4.64. The molecule has 0 bridgehead atoms. The van der Waals surface area contributed by atoms with Gasteiger partial charge in [-0.2, -0.15) is 0 Å². The number of thiazole rings is 1. The van der Waals surface area contributed by atoms with Gasteiger partial charge in [-0.05, 0) is 53.8 Å². The third kappa shape index (κ3) is 4.52. The molecule has 0 saturated carbocycles. The molecule has 2 aromatic carbocycles. The van der Waals surface area contributed by atoms with Gasteiger partial charge in [-0.15, -0.1) is 11.3 Å². The molecule has 0 aliphatic heterocycles. The van der Waals surface area contributed by atoms with E-state index in [1.165, 1.54) is 5.56 Å². The van der Waals surface area contributed by atoms with E-state index in [-0.39, 0.29) is 5.41 Å². The molecule has 0 saturated heterocycles. The van der Waals surface area contributed by atoms with Crippen molar-refractivity contribution in [3.05, 3.63) is 84.0 Å². The highest BCUT2D eigenvalue weighted by atomic mass is 32.1. The first-order valence-electron chi connectivity index (χ1n) is 10.1. The molecule has 0 spiro atoms. The molecule has 0 radical (unpaired) electrons. The van der Waals surface area contributed by atoms with Crippen molar-refractivity contribution in [2.75, 3.05) is 5.32 Å². The Morgan fingerprint density at radius 2 is 1.87 bits per heavy atom. The predicted molar refractivity (Wildman–Crippen MR) is 125 cm³/mol. The molecule has 2 aromatic heterocycles. The van der Waals surface area contributed by atoms with Gasteiger partial charge in [-0.1, -0.05) is 45.0 Å². The fraction of sp³-hybridized carbons (Fsp3) is 0.200. The molecule has 0 fully saturated rings. The van der Waals surface area contributed by atoms with Crippen LogP contribution in [0.3, 0.4) is 0 Å². The summed E-state index contributed by atoms with van der Waals surface area (Å²) in [4.78, 5) is 8.94. The minimum Gasteiger partial charge on any atom is -0.455 e. The van der Waals surface area contributed by atoms with Gasteiger partial charge in [0.15, 0.2) is 10.9 Å². The van der Waals surface area contributed by atoms with Gasteiger partial charge in [0.05, 0.1) is 11.4 Å². The van der Waals surface area contributed by atoms with E-state index >= 15 is 0 Å². The Balaban J connectivity index is 1.67. The van der Waals surface area contributed by atoms with Gasteiger partial charge in [0, 0.05) is 23.3 Å². The zero-order valence-corrected chi connectivity index (χ0v) is 18.2. The van der Waals surface area contributed by atoms with Crippen molar-refractivity contribution < 1.29 is 4.74 Å². The summed E-state index contributed by atoms with van der Waals surface area (Å²) >= 11 is 1.57. The second-order valence-electron chi connectivity index (χ2n) is 7.77. The molecule has 0 aliphatic rings. The number of anilines is 2. The van der Waals surface area contributed by atoms with E-state index in [0.29, 0.717) is 0 Å². The Morgan fingerprint density at radius 3 is 2.60 bits per heavy atom. The summed E-state index contributed by atoms with van der Waals surface area (Å²) in [5.74, 6) is 1.58. The average Bonchev–Trinajstić information content (AvgIpc) is 3.25. The van der Waals surface area contributed by atoms with Crippen LogP contribution in [0.25, 0.3) is 11.3 Å². The van der Waals surface area contributed by atoms with Crippen LogP contribution in [0, 0.1) is 0 Å². The first kappa shape index (κ1) is 20.1. The molecular weight excluding hydrogens is 390 g/mol. The van der Waals surface area contributed by atoms with Gasteiger partial charge < -0.3 is 10.1 Å². The van der Waals surface area contributed by atoms with Gasteiger partial charge in [0.25, 0.3) is 0 Å². The maximum atomic E-state index is 6.18. The van der Waals surface area contributed by atoms with Crippen molar-refractivity contribution >= 4 is 22.2 Å². The lowest BCUT2D eigenvalue weighted by Gasteiger charge is -2.25. The fourth-order valence-electron chi connectivity index (χ4n) is 3.05. The van der Waals surface area contributed by atoms with Crippen LogP contribution in [0.1, 0.15) is 32.8 Å². The molecule has 4 rings (SSSR count). The molecule has 0 aliphatic carbocycles. The van der Waals surface area contributed by atoms with E-state index in [4.69, 9.17) is 9.72 Å². The highest BCUT2D eigenvalue weighted by Gasteiger charge is 2.20. The van der Waals surface area contributed by atoms with Crippen LogP contribution in [-0.4, -0.2) is 9.97 Å². The van der Waals surface area contributed by atoms with Crippen LogP contribution < -0.4 is 10.1 Å². The molecule has 4 nitrogen and oxygen atoms in total. The van der Waals surface area contributed by atoms with Gasteiger partial charge in [0.1, 0.15) is 5.75 Å². The minimum absolute atomic E-state index is 0.0749. The highest BCUT2D eigenvalue weighted by Crippen LogP contribution is 2.38. The summed E-state index contributed by atoms with van der Waals surface area (Å²) in [5.41, 5.74) is 4.15. The molecule has 30 heavy (non-hydrogen) atoms. The maximum Gasteiger partial charge on any atom is 0.187 e. The summed E-state index contributed by atoms with van der Waals surface area (Å²) in [6.45, 7) is 6.73. The normalized spacial score (nSPS) is 11.3. The third-order valence-corrected chi connectivity index (χ3v) is 6.08. The zero-order chi connectivity index (χ0) is 21.0. The quantitative estimate of drug-likeness (QED) is 0.341. The molecule has 0 atom stereocenters.